The molecular formula is C13H13BrN4O3. The third kappa shape index (κ3) is 4.32. The van der Waals surface area contributed by atoms with Crippen molar-refractivity contribution in [1.29, 1.82) is 0 Å². The number of hydrogen-bond donors (Lipinski definition) is 2. The second-order valence-electron chi connectivity index (χ2n) is 4.12. The summed E-state index contributed by atoms with van der Waals surface area (Å²) < 4.78 is 6.04. The molecule has 21 heavy (non-hydrogen) atoms. The van der Waals surface area contributed by atoms with Gasteiger partial charge in [-0.2, -0.15) is 0 Å². The Bertz CT molecular complexity index is 634. The second-order valence-corrected chi connectivity index (χ2v) is 5.04. The maximum absolute atomic E-state index is 10.9. The lowest BCUT2D eigenvalue weighted by Gasteiger charge is -2.08. The van der Waals surface area contributed by atoms with Crippen molar-refractivity contribution in [3.8, 4) is 5.75 Å². The zero-order chi connectivity index (χ0) is 15.2. The number of rotatable bonds is 6. The Labute approximate surface area is 129 Å². The molecule has 2 rings (SSSR count). The number of ether oxygens (including phenoxy) is 1. The Kier molecular flexibility index (Phi) is 4.94. The molecule has 0 amide bonds. The molecule has 0 atom stereocenters. The third-order valence-corrected chi connectivity index (χ3v) is 3.01. The Balaban J connectivity index is 1.89. The van der Waals surface area contributed by atoms with Gasteiger partial charge in [0.2, 0.25) is 5.82 Å². The van der Waals surface area contributed by atoms with E-state index in [0.29, 0.717) is 29.1 Å². The monoisotopic (exact) mass is 352 g/mol. The van der Waals surface area contributed by atoms with Crippen molar-refractivity contribution in [3.63, 3.8) is 0 Å². The molecule has 0 radical (unpaired) electrons. The van der Waals surface area contributed by atoms with E-state index in [4.69, 9.17) is 10.5 Å². The third-order valence-electron chi connectivity index (χ3n) is 2.57. The molecule has 0 aliphatic carbocycles. The largest absolute Gasteiger partial charge is 0.492 e. The highest BCUT2D eigenvalue weighted by Crippen LogP contribution is 2.25. The molecule has 110 valence electrons. The smallest absolute Gasteiger partial charge is 0.312 e. The number of nitrogen functional groups attached to an aromatic ring is 1. The maximum atomic E-state index is 10.9. The van der Waals surface area contributed by atoms with Crippen LogP contribution in [0.2, 0.25) is 0 Å². The zero-order valence-corrected chi connectivity index (χ0v) is 12.5. The summed E-state index contributed by atoms with van der Waals surface area (Å²) in [5, 5.41) is 13.8. The Hall–Kier alpha value is -2.35. The molecule has 7 nitrogen and oxygen atoms in total. The van der Waals surface area contributed by atoms with Gasteiger partial charge in [-0.15, -0.1) is 0 Å². The first-order valence-electron chi connectivity index (χ1n) is 6.08. The average Bonchev–Trinajstić information content (AvgIpc) is 2.46. The Morgan fingerprint density at radius 2 is 2.10 bits per heavy atom. The molecule has 1 aromatic carbocycles. The van der Waals surface area contributed by atoms with Crippen molar-refractivity contribution < 1.29 is 9.66 Å². The van der Waals surface area contributed by atoms with Gasteiger partial charge >= 0.3 is 5.69 Å². The van der Waals surface area contributed by atoms with Crippen molar-refractivity contribution >= 4 is 33.1 Å². The molecule has 0 saturated carbocycles. The number of pyridine rings is 1. The first-order chi connectivity index (χ1) is 10.1. The molecule has 1 heterocycles. The summed E-state index contributed by atoms with van der Waals surface area (Å²) in [7, 11) is 0. The topological polar surface area (TPSA) is 103 Å². The summed E-state index contributed by atoms with van der Waals surface area (Å²) in [5.41, 5.74) is 6.15. The summed E-state index contributed by atoms with van der Waals surface area (Å²) in [5.74, 6) is 0.897. The van der Waals surface area contributed by atoms with Gasteiger partial charge < -0.3 is 15.8 Å². The standard InChI is InChI=1S/C13H13BrN4O3/c14-9-7-12(18(19)20)13(17-8-9)16-5-6-21-11-3-1-10(15)2-4-11/h1-4,7-8H,5-6,15H2,(H,16,17). The van der Waals surface area contributed by atoms with Crippen molar-refractivity contribution in [2.75, 3.05) is 24.2 Å². The van der Waals surface area contributed by atoms with Crippen molar-refractivity contribution in [2.24, 2.45) is 0 Å². The van der Waals surface area contributed by atoms with Crippen LogP contribution in [0.25, 0.3) is 0 Å². The second kappa shape index (κ2) is 6.89. The van der Waals surface area contributed by atoms with E-state index in [-0.39, 0.29) is 11.5 Å². The minimum atomic E-state index is -0.485. The number of nitro groups is 1. The van der Waals surface area contributed by atoms with Crippen LogP contribution in [0.4, 0.5) is 17.2 Å². The number of benzene rings is 1. The predicted molar refractivity (Wildman–Crippen MR) is 83.4 cm³/mol. The van der Waals surface area contributed by atoms with Crippen molar-refractivity contribution in [2.45, 2.75) is 0 Å². The van der Waals surface area contributed by atoms with Gasteiger partial charge in [0.1, 0.15) is 12.4 Å². The van der Waals surface area contributed by atoms with Gasteiger partial charge in [0.15, 0.2) is 0 Å². The minimum Gasteiger partial charge on any atom is -0.492 e. The Morgan fingerprint density at radius 1 is 1.38 bits per heavy atom. The number of anilines is 2. The van der Waals surface area contributed by atoms with Crippen LogP contribution in [0.5, 0.6) is 5.75 Å². The van der Waals surface area contributed by atoms with Crippen LogP contribution in [-0.4, -0.2) is 23.1 Å². The fraction of sp³-hybridized carbons (Fsp3) is 0.154. The lowest BCUT2D eigenvalue weighted by Crippen LogP contribution is -2.13. The number of nitrogens with one attached hydrogen (secondary N) is 1. The van der Waals surface area contributed by atoms with Crippen LogP contribution >= 0.6 is 15.9 Å². The molecule has 0 bridgehead atoms. The highest BCUT2D eigenvalue weighted by atomic mass is 79.9. The minimum absolute atomic E-state index is 0.0862. The molecular weight excluding hydrogens is 340 g/mol. The number of nitrogens with two attached hydrogens (primary N) is 1. The lowest BCUT2D eigenvalue weighted by molar-refractivity contribution is -0.384. The highest BCUT2D eigenvalue weighted by molar-refractivity contribution is 9.10. The van der Waals surface area contributed by atoms with Gasteiger partial charge in [-0.3, -0.25) is 10.1 Å². The fourth-order valence-electron chi connectivity index (χ4n) is 1.61. The molecule has 0 unspecified atom stereocenters. The molecule has 0 aliphatic rings. The first kappa shape index (κ1) is 15.0. The normalized spacial score (nSPS) is 10.1. The van der Waals surface area contributed by atoms with Gasteiger partial charge in [-0.1, -0.05) is 0 Å². The first-order valence-corrected chi connectivity index (χ1v) is 6.87. The number of halogens is 1. The van der Waals surface area contributed by atoms with E-state index in [9.17, 15) is 10.1 Å². The van der Waals surface area contributed by atoms with Gasteiger partial charge in [-0.05, 0) is 40.2 Å². The van der Waals surface area contributed by atoms with E-state index in [1.807, 2.05) is 0 Å². The van der Waals surface area contributed by atoms with Crippen LogP contribution in [0.15, 0.2) is 41.0 Å². The highest BCUT2D eigenvalue weighted by Gasteiger charge is 2.15. The van der Waals surface area contributed by atoms with E-state index in [1.165, 1.54) is 12.3 Å². The van der Waals surface area contributed by atoms with E-state index in [0.717, 1.165) is 0 Å². The van der Waals surface area contributed by atoms with Gasteiger partial charge in [0.25, 0.3) is 0 Å². The average molecular weight is 353 g/mol. The molecule has 3 N–H and O–H groups in total. The number of aromatic nitrogens is 1. The molecule has 8 heteroatoms. The quantitative estimate of drug-likeness (QED) is 0.358. The molecule has 0 spiro atoms. The van der Waals surface area contributed by atoms with Crippen LogP contribution in [-0.2, 0) is 0 Å². The number of hydrogen-bond acceptors (Lipinski definition) is 6. The van der Waals surface area contributed by atoms with Crippen LogP contribution < -0.4 is 15.8 Å². The van der Waals surface area contributed by atoms with Gasteiger partial charge in [0.05, 0.1) is 11.5 Å². The number of nitrogens with zero attached hydrogens (tertiary/aromatic N) is 2. The van der Waals surface area contributed by atoms with E-state index in [2.05, 4.69) is 26.2 Å². The molecule has 1 aromatic heterocycles. The summed E-state index contributed by atoms with van der Waals surface area (Å²) in [6.45, 7) is 0.735. The Morgan fingerprint density at radius 3 is 2.76 bits per heavy atom. The SMILES string of the molecule is Nc1ccc(OCCNc2ncc(Br)cc2[N+](=O)[O-])cc1. The summed E-state index contributed by atoms with van der Waals surface area (Å²) in [6, 6.07) is 8.40. The lowest BCUT2D eigenvalue weighted by atomic mass is 10.3. The van der Waals surface area contributed by atoms with Gasteiger partial charge in [0, 0.05) is 22.4 Å². The van der Waals surface area contributed by atoms with E-state index >= 15 is 0 Å². The summed E-state index contributed by atoms with van der Waals surface area (Å²) in [4.78, 5) is 14.4. The van der Waals surface area contributed by atoms with Crippen molar-refractivity contribution in [3.05, 3.63) is 51.1 Å². The van der Waals surface area contributed by atoms with Gasteiger partial charge in [-0.25, -0.2) is 4.98 Å². The summed E-state index contributed by atoms with van der Waals surface area (Å²) >= 11 is 3.15. The fourth-order valence-corrected chi connectivity index (χ4v) is 1.93. The molecule has 0 saturated heterocycles. The maximum Gasteiger partial charge on any atom is 0.312 e. The van der Waals surface area contributed by atoms with E-state index in [1.54, 1.807) is 24.3 Å². The molecule has 0 aliphatic heterocycles. The van der Waals surface area contributed by atoms with Crippen LogP contribution in [0.3, 0.4) is 0 Å². The summed E-state index contributed by atoms with van der Waals surface area (Å²) in [6.07, 6.45) is 1.50. The molecule has 0 fully saturated rings. The molecule has 2 aromatic rings. The van der Waals surface area contributed by atoms with E-state index < -0.39 is 4.92 Å². The van der Waals surface area contributed by atoms with Crippen LogP contribution in [0, 0.1) is 10.1 Å². The van der Waals surface area contributed by atoms with Crippen molar-refractivity contribution in [1.82, 2.24) is 4.98 Å². The zero-order valence-electron chi connectivity index (χ0n) is 11.0. The predicted octanol–water partition coefficient (Wildman–Crippen LogP) is 2.83. The van der Waals surface area contributed by atoms with Crippen LogP contribution in [0.1, 0.15) is 0 Å².